The fourth-order valence-corrected chi connectivity index (χ4v) is 4.48. The molecule has 0 aliphatic rings. The second-order valence-electron chi connectivity index (χ2n) is 9.31. The number of nitrogens with zero attached hydrogens (tertiary/aromatic N) is 4. The molecule has 0 bridgehead atoms. The summed E-state index contributed by atoms with van der Waals surface area (Å²) < 4.78 is 46.6. The van der Waals surface area contributed by atoms with Gasteiger partial charge in [-0.15, -0.1) is 0 Å². The van der Waals surface area contributed by atoms with Crippen LogP contribution < -0.4 is 18.9 Å². The zero-order chi connectivity index (χ0) is 28.0. The molecule has 0 saturated carbocycles. The van der Waals surface area contributed by atoms with Gasteiger partial charge < -0.3 is 24.8 Å². The molecule has 4 rings (SSSR count). The molecule has 0 radical (unpaired) electrons. The fourth-order valence-electron chi connectivity index (χ4n) is 3.48. The van der Waals surface area contributed by atoms with E-state index in [0.717, 1.165) is 5.56 Å². The maximum atomic E-state index is 13.5. The summed E-state index contributed by atoms with van der Waals surface area (Å²) in [6.07, 6.45) is 3.00. The van der Waals surface area contributed by atoms with Crippen LogP contribution in [0.15, 0.2) is 71.9 Å². The number of aliphatic hydroxyl groups is 1. The van der Waals surface area contributed by atoms with E-state index in [9.17, 15) is 13.5 Å². The van der Waals surface area contributed by atoms with Crippen molar-refractivity contribution in [1.29, 1.82) is 0 Å². The van der Waals surface area contributed by atoms with Crippen LogP contribution in [0.2, 0.25) is 0 Å². The number of hydrogen-bond acceptors (Lipinski definition) is 10. The minimum atomic E-state index is -4.14. The first-order valence-corrected chi connectivity index (χ1v) is 13.5. The van der Waals surface area contributed by atoms with Gasteiger partial charge in [-0.1, -0.05) is 45.0 Å². The molecule has 12 nitrogen and oxygen atoms in total. The molecule has 0 fully saturated rings. The van der Waals surface area contributed by atoms with Crippen molar-refractivity contribution >= 4 is 15.8 Å². The van der Waals surface area contributed by atoms with E-state index in [4.69, 9.17) is 14.2 Å². The van der Waals surface area contributed by atoms with Crippen molar-refractivity contribution in [2.24, 2.45) is 0 Å². The molecule has 2 heterocycles. The zero-order valence-electron chi connectivity index (χ0n) is 22.5. The quantitative estimate of drug-likeness (QED) is 0.288. The van der Waals surface area contributed by atoms with Crippen LogP contribution in [0, 0.1) is 0 Å². The van der Waals surface area contributed by atoms with Gasteiger partial charge in [-0.25, -0.2) is 23.4 Å². The van der Waals surface area contributed by atoms with E-state index in [1.165, 1.54) is 31.6 Å². The number of para-hydroxylation sites is 2. The lowest BCUT2D eigenvalue weighted by atomic mass is 9.87. The lowest BCUT2D eigenvalue weighted by Gasteiger charge is -2.20. The predicted octanol–water partition coefficient (Wildman–Crippen LogP) is 3.38. The van der Waals surface area contributed by atoms with E-state index in [-0.39, 0.29) is 63.8 Å². The molecule has 0 aliphatic carbocycles. The Labute approximate surface area is 232 Å². The Morgan fingerprint density at radius 2 is 1.55 bits per heavy atom. The summed E-state index contributed by atoms with van der Waals surface area (Å²) in [4.78, 5) is 17.1. The number of aromatic nitrogens is 4. The summed E-state index contributed by atoms with van der Waals surface area (Å²) in [6.45, 7) is 5.65. The Morgan fingerprint density at radius 3 is 2.15 bits per heavy atom. The Morgan fingerprint density at radius 1 is 0.900 bits per heavy atom. The average molecular weight is 570 g/mol. The molecule has 2 aromatic carbocycles. The maximum absolute atomic E-state index is 13.5. The number of sulfonamides is 1. The summed E-state index contributed by atoms with van der Waals surface area (Å²) in [6, 6.07) is 15.0. The van der Waals surface area contributed by atoms with E-state index in [1.807, 2.05) is 20.8 Å². The SMILES string of the molecule is COc1ccccc1Oc1c(NS(=O)(=O)c2ccc(C(C)(C)C)cc2)nc(-c2ncccn2)nc1OCCO.O. The van der Waals surface area contributed by atoms with Gasteiger partial charge in [-0.2, -0.15) is 4.98 Å². The number of rotatable bonds is 10. The minimum absolute atomic E-state index is 0. The molecule has 2 aromatic heterocycles. The molecule has 40 heavy (non-hydrogen) atoms. The van der Waals surface area contributed by atoms with Crippen molar-refractivity contribution in [3.63, 3.8) is 0 Å². The van der Waals surface area contributed by atoms with Gasteiger partial charge in [0.05, 0.1) is 18.6 Å². The molecule has 0 saturated heterocycles. The summed E-state index contributed by atoms with van der Waals surface area (Å²) in [5.74, 6) is 0.271. The fraction of sp³-hybridized carbons (Fsp3) is 0.259. The molecule has 4 N–H and O–H groups in total. The molecule has 0 unspecified atom stereocenters. The van der Waals surface area contributed by atoms with Gasteiger partial charge in [0.25, 0.3) is 15.9 Å². The van der Waals surface area contributed by atoms with E-state index < -0.39 is 10.0 Å². The van der Waals surface area contributed by atoms with Crippen LogP contribution in [0.3, 0.4) is 0 Å². The van der Waals surface area contributed by atoms with Gasteiger partial charge in [-0.05, 0) is 41.3 Å². The number of benzene rings is 2. The second-order valence-corrected chi connectivity index (χ2v) is 11.0. The van der Waals surface area contributed by atoms with E-state index in [1.54, 1.807) is 42.5 Å². The molecular weight excluding hydrogens is 538 g/mol. The van der Waals surface area contributed by atoms with Gasteiger partial charge >= 0.3 is 0 Å². The summed E-state index contributed by atoms with van der Waals surface area (Å²) in [5.41, 5.74) is 0.827. The Kier molecular flexibility index (Phi) is 9.58. The van der Waals surface area contributed by atoms with Crippen molar-refractivity contribution in [3.8, 4) is 34.8 Å². The van der Waals surface area contributed by atoms with Crippen LogP contribution in [0.4, 0.5) is 5.82 Å². The van der Waals surface area contributed by atoms with E-state index in [0.29, 0.717) is 5.75 Å². The molecule has 0 spiro atoms. The zero-order valence-corrected chi connectivity index (χ0v) is 23.3. The van der Waals surface area contributed by atoms with Crippen LogP contribution >= 0.6 is 0 Å². The number of aliphatic hydroxyl groups excluding tert-OH is 1. The van der Waals surface area contributed by atoms with Gasteiger partial charge in [0.15, 0.2) is 23.1 Å². The maximum Gasteiger partial charge on any atom is 0.263 e. The first-order valence-electron chi connectivity index (χ1n) is 12.0. The van der Waals surface area contributed by atoms with Crippen LogP contribution in [0.5, 0.6) is 23.1 Å². The molecule has 0 aliphatic heterocycles. The number of nitrogens with one attached hydrogen (secondary N) is 1. The van der Waals surface area contributed by atoms with Crippen LogP contribution in [-0.2, 0) is 15.4 Å². The lowest BCUT2D eigenvalue weighted by molar-refractivity contribution is 0.192. The highest BCUT2D eigenvalue weighted by atomic mass is 32.2. The van der Waals surface area contributed by atoms with Crippen molar-refractivity contribution in [1.82, 2.24) is 19.9 Å². The third-order valence-electron chi connectivity index (χ3n) is 5.47. The number of hydrogen-bond donors (Lipinski definition) is 2. The van der Waals surface area contributed by atoms with Gasteiger partial charge in [0.2, 0.25) is 11.6 Å². The number of methoxy groups -OCH3 is 1. The monoisotopic (exact) mass is 569 g/mol. The molecule has 13 heteroatoms. The standard InChI is InChI=1S/C27H29N5O6S.H2O/c1-27(2,3)18-10-12-19(13-11-18)39(34,35)32-23-22(38-21-9-6-5-8-20(21)36-4)26(37-17-16-33)31-25(30-23)24-28-14-7-15-29-24;/h5-15,33H,16-17H2,1-4H3,(H,30,31,32);1H2. The average Bonchev–Trinajstić information content (AvgIpc) is 2.93. The van der Waals surface area contributed by atoms with Crippen molar-refractivity contribution in [3.05, 3.63) is 72.6 Å². The van der Waals surface area contributed by atoms with Crippen molar-refractivity contribution < 1.29 is 33.2 Å². The molecular formula is C27H31N5O7S. The summed E-state index contributed by atoms with van der Waals surface area (Å²) in [5, 5.41) is 9.40. The van der Waals surface area contributed by atoms with Gasteiger partial charge in [0.1, 0.15) is 6.61 Å². The van der Waals surface area contributed by atoms with Crippen LogP contribution in [-0.4, -0.2) is 59.3 Å². The third kappa shape index (κ3) is 7.00. The van der Waals surface area contributed by atoms with Crippen LogP contribution in [0.1, 0.15) is 26.3 Å². The van der Waals surface area contributed by atoms with E-state index in [2.05, 4.69) is 24.7 Å². The highest BCUT2D eigenvalue weighted by Gasteiger charge is 2.26. The third-order valence-corrected chi connectivity index (χ3v) is 6.83. The highest BCUT2D eigenvalue weighted by molar-refractivity contribution is 7.92. The first kappa shape index (κ1) is 30.2. The lowest BCUT2D eigenvalue weighted by Crippen LogP contribution is -2.17. The molecule has 4 aromatic rings. The normalized spacial score (nSPS) is 11.3. The summed E-state index contributed by atoms with van der Waals surface area (Å²) >= 11 is 0. The minimum Gasteiger partial charge on any atom is -0.493 e. The second kappa shape index (κ2) is 12.7. The highest BCUT2D eigenvalue weighted by Crippen LogP contribution is 2.41. The largest absolute Gasteiger partial charge is 0.493 e. The van der Waals surface area contributed by atoms with Crippen molar-refractivity contribution in [2.75, 3.05) is 25.0 Å². The van der Waals surface area contributed by atoms with Crippen molar-refractivity contribution in [2.45, 2.75) is 31.1 Å². The van der Waals surface area contributed by atoms with Gasteiger partial charge in [0, 0.05) is 12.4 Å². The summed E-state index contributed by atoms with van der Waals surface area (Å²) in [7, 11) is -2.66. The topological polar surface area (TPSA) is 177 Å². The van der Waals surface area contributed by atoms with Gasteiger partial charge in [-0.3, -0.25) is 4.72 Å². The Bertz CT molecular complexity index is 1530. The molecule has 0 amide bonds. The van der Waals surface area contributed by atoms with E-state index >= 15 is 0 Å². The molecule has 212 valence electrons. The first-order chi connectivity index (χ1) is 18.6. The molecule has 0 atom stereocenters. The number of anilines is 1. The van der Waals surface area contributed by atoms with Crippen LogP contribution in [0.25, 0.3) is 11.6 Å². The Balaban J connectivity index is 0.00000441. The number of ether oxygens (including phenoxy) is 3. The smallest absolute Gasteiger partial charge is 0.263 e. The Hall–Kier alpha value is -4.33. The predicted molar refractivity (Wildman–Crippen MR) is 148 cm³/mol.